The molecule has 0 saturated heterocycles. The van der Waals surface area contributed by atoms with Gasteiger partial charge >= 0.3 is 280 Å². The number of ether oxygens (including phenoxy) is 1. The number of carbonyl (C=O) groups excluding carboxylic acids is 1. The molecule has 0 atom stereocenters. The van der Waals surface area contributed by atoms with Gasteiger partial charge in [0.2, 0.25) is 0 Å². The Kier molecular flexibility index (Phi) is 9.05. The molecule has 7 rings (SSSR count). The number of carbonyl (C=O) groups is 1. The van der Waals surface area contributed by atoms with E-state index in [9.17, 15) is 4.79 Å². The predicted molar refractivity (Wildman–Crippen MR) is 186 cm³/mol. The van der Waals surface area contributed by atoms with Gasteiger partial charge in [0, 0.05) is 0 Å². The molecule has 46 heavy (non-hydrogen) atoms. The number of methoxy groups -OCH3 is 1. The van der Waals surface area contributed by atoms with Gasteiger partial charge in [-0.2, -0.15) is 0 Å². The number of nitrogens with zero attached hydrogens (tertiary/aromatic N) is 4. The van der Waals surface area contributed by atoms with E-state index < -0.39 is 0 Å². The Morgan fingerprint density at radius 2 is 1.50 bits per heavy atom. The van der Waals surface area contributed by atoms with Crippen molar-refractivity contribution in [3.8, 4) is 11.4 Å². The molecule has 0 unspecified atom stereocenters. The zero-order valence-electron chi connectivity index (χ0n) is 26.3. The molecule has 7 heteroatoms. The van der Waals surface area contributed by atoms with Crippen LogP contribution in [0.4, 0.5) is 0 Å². The Balaban J connectivity index is 1.35. The van der Waals surface area contributed by atoms with Crippen LogP contribution in [0.15, 0.2) is 97.1 Å². The van der Waals surface area contributed by atoms with E-state index >= 15 is 0 Å². The van der Waals surface area contributed by atoms with Crippen LogP contribution in [0, 0.1) is 0 Å². The first kappa shape index (κ1) is 30.5. The first-order chi connectivity index (χ1) is 22.6. The average Bonchev–Trinajstić information content (AvgIpc) is 3.62. The molecule has 1 saturated carbocycles. The van der Waals surface area contributed by atoms with Crippen LogP contribution < -0.4 is 4.72 Å². The van der Waals surface area contributed by atoms with E-state index in [-0.39, 0.29) is 11.9 Å². The normalized spacial score (nSPS) is 14.5. The molecule has 2 aromatic heterocycles. The minimum atomic E-state index is -0.346. The zero-order valence-corrected chi connectivity index (χ0v) is 28.0. The zero-order chi connectivity index (χ0) is 31.5. The number of para-hydroxylation sites is 1. The topological polar surface area (TPSA) is 61.9 Å². The molecule has 4 aromatic carbocycles. The molecule has 233 valence electrons. The third-order valence-corrected chi connectivity index (χ3v) is 10.2. The van der Waals surface area contributed by atoms with Gasteiger partial charge in [0.15, 0.2) is 0 Å². The molecule has 0 bridgehead atoms. The monoisotopic (exact) mass is 675 g/mol. The van der Waals surface area contributed by atoms with Crippen molar-refractivity contribution in [1.29, 1.82) is 0 Å². The van der Waals surface area contributed by atoms with Crippen molar-refractivity contribution < 1.29 is 9.53 Å². The third kappa shape index (κ3) is 6.02. The number of hydrogen-bond acceptors (Lipinski definition) is 4. The molecular weight excluding hydrogens is 635 g/mol. The predicted octanol–water partition coefficient (Wildman–Crippen LogP) is 8.14. The van der Waals surface area contributed by atoms with Crippen LogP contribution in [-0.2, 0) is 11.3 Å². The molecule has 2 heterocycles. The summed E-state index contributed by atoms with van der Waals surface area (Å²) in [6, 6.07) is 34.1. The van der Waals surface area contributed by atoms with Crippen molar-refractivity contribution in [2.24, 2.45) is 0 Å². The Morgan fingerprint density at radius 3 is 2.17 bits per heavy atom. The third-order valence-electron chi connectivity index (χ3n) is 9.57. The summed E-state index contributed by atoms with van der Waals surface area (Å²) in [6.07, 6.45) is 9.43. The number of aryl methyl sites for hydroxylation is 1. The van der Waals surface area contributed by atoms with E-state index in [0.717, 1.165) is 64.0 Å². The number of benzene rings is 4. The van der Waals surface area contributed by atoms with Crippen LogP contribution in [0.1, 0.15) is 84.8 Å². The molecule has 1 aliphatic rings. The standard InChI is InChI=1S/C39H39N4O2Se/c1-45-38(44)29-22-23-35-34(26-29)40-37(43(35)30-18-11-3-2-4-12-19-30)32-20-13-21-33-36(32)42(39(46)41-33)25-24-31(27-14-7-5-8-15-27)28-16-9-6-10-17-28/h5-10,13-17,20-23,26,30-31H,2-4,11-12,18-19,24-25H2,1H3. The molecule has 0 spiro atoms. The second-order valence-electron chi connectivity index (χ2n) is 12.4. The summed E-state index contributed by atoms with van der Waals surface area (Å²) in [5.74, 6) is 0.848. The van der Waals surface area contributed by atoms with E-state index in [1.54, 1.807) is 0 Å². The van der Waals surface area contributed by atoms with E-state index in [0.29, 0.717) is 11.6 Å². The fourth-order valence-corrected chi connectivity index (χ4v) is 7.89. The van der Waals surface area contributed by atoms with Crippen LogP contribution in [0.25, 0.3) is 33.5 Å². The van der Waals surface area contributed by atoms with E-state index in [1.807, 2.05) is 12.1 Å². The maximum absolute atomic E-state index is 12.5. The van der Waals surface area contributed by atoms with Crippen molar-refractivity contribution in [3.63, 3.8) is 0 Å². The van der Waals surface area contributed by atoms with Crippen LogP contribution in [0.3, 0.4) is 0 Å². The Morgan fingerprint density at radius 1 is 0.826 bits per heavy atom. The van der Waals surface area contributed by atoms with Gasteiger partial charge in [-0.25, -0.2) is 0 Å². The second-order valence-corrected chi connectivity index (χ2v) is 13.1. The minimum absolute atomic E-state index is 0.252. The Labute approximate surface area is 278 Å². The number of fused-ring (bicyclic) bond motifs is 2. The van der Waals surface area contributed by atoms with Gasteiger partial charge in [-0.3, -0.25) is 0 Å². The summed E-state index contributed by atoms with van der Waals surface area (Å²) in [6.45, 7) is 0.792. The van der Waals surface area contributed by atoms with Gasteiger partial charge in [-0.05, 0) is 0 Å². The quantitative estimate of drug-likeness (QED) is 0.121. The van der Waals surface area contributed by atoms with Crippen LogP contribution in [-0.4, -0.2) is 48.2 Å². The fraction of sp³-hybridized carbons (Fsp3) is 0.308. The van der Waals surface area contributed by atoms with Gasteiger partial charge in [0.25, 0.3) is 0 Å². The Bertz CT molecular complexity index is 1920. The summed E-state index contributed by atoms with van der Waals surface area (Å²) >= 11 is 3.26. The fourth-order valence-electron chi connectivity index (χ4n) is 7.30. The number of aromatic nitrogens is 4. The molecule has 6 nitrogen and oxygen atoms in total. The summed E-state index contributed by atoms with van der Waals surface area (Å²) in [5, 5.41) is 0. The Hall–Kier alpha value is -4.19. The molecule has 1 aliphatic carbocycles. The summed E-state index contributed by atoms with van der Waals surface area (Å²) in [7, 11) is 1.42. The van der Waals surface area contributed by atoms with E-state index in [2.05, 4.69) is 110 Å². The maximum atomic E-state index is 12.5. The molecular formula is C39H39N4O2Se. The first-order valence-corrected chi connectivity index (χ1v) is 17.3. The van der Waals surface area contributed by atoms with Crippen molar-refractivity contribution in [2.75, 3.05) is 7.11 Å². The number of esters is 1. The van der Waals surface area contributed by atoms with Crippen molar-refractivity contribution >= 4 is 48.8 Å². The molecule has 0 amide bonds. The molecule has 1 fully saturated rings. The summed E-state index contributed by atoms with van der Waals surface area (Å²) in [5.41, 5.74) is 8.14. The number of rotatable bonds is 8. The van der Waals surface area contributed by atoms with Gasteiger partial charge in [-0.15, -0.1) is 0 Å². The van der Waals surface area contributed by atoms with Crippen LogP contribution >= 0.6 is 0 Å². The van der Waals surface area contributed by atoms with Crippen LogP contribution in [0.2, 0.25) is 0 Å². The van der Waals surface area contributed by atoms with Gasteiger partial charge in [-0.1, -0.05) is 0 Å². The number of imidazole rings is 2. The van der Waals surface area contributed by atoms with E-state index in [1.165, 1.54) is 50.3 Å². The van der Waals surface area contributed by atoms with Gasteiger partial charge in [0.05, 0.1) is 0 Å². The van der Waals surface area contributed by atoms with Crippen LogP contribution in [0.5, 0.6) is 0 Å². The number of hydrogen-bond donors (Lipinski definition) is 0. The first-order valence-electron chi connectivity index (χ1n) is 16.5. The van der Waals surface area contributed by atoms with E-state index in [4.69, 9.17) is 14.7 Å². The molecule has 1 radical (unpaired) electrons. The average molecular weight is 675 g/mol. The molecule has 0 aliphatic heterocycles. The molecule has 0 N–H and O–H groups in total. The summed E-state index contributed by atoms with van der Waals surface area (Å²) in [4.78, 5) is 22.8. The van der Waals surface area contributed by atoms with Gasteiger partial charge in [0.1, 0.15) is 0 Å². The van der Waals surface area contributed by atoms with Crippen molar-refractivity contribution in [1.82, 2.24) is 19.1 Å². The second kappa shape index (κ2) is 13.7. The SMILES string of the molecule is COC(=O)c1ccc2c(c1)nc(-c1cccc3nc([Se])n(CCC(c4ccccc4)c4ccccc4)c13)n2C1CCCCCCC1. The van der Waals surface area contributed by atoms with Gasteiger partial charge < -0.3 is 0 Å². The van der Waals surface area contributed by atoms with Crippen molar-refractivity contribution in [3.05, 3.63) is 114 Å². The summed E-state index contributed by atoms with van der Waals surface area (Å²) < 4.78 is 10.7. The van der Waals surface area contributed by atoms with Crippen molar-refractivity contribution in [2.45, 2.75) is 69.9 Å². The molecule has 6 aromatic rings.